The maximum absolute atomic E-state index is 12.4. The van der Waals surface area contributed by atoms with Gasteiger partial charge in [-0.25, -0.2) is 4.98 Å². The third-order valence-corrected chi connectivity index (χ3v) is 4.47. The second kappa shape index (κ2) is 8.81. The molecule has 1 fully saturated rings. The molecule has 2 aromatic rings. The molecule has 1 aliphatic rings. The summed E-state index contributed by atoms with van der Waals surface area (Å²) in [5.74, 6) is 1.33. The Morgan fingerprint density at radius 1 is 1.30 bits per heavy atom. The average molecular weight is 369 g/mol. The highest BCUT2D eigenvalue weighted by molar-refractivity contribution is 5.93. The Labute approximate surface area is 160 Å². The van der Waals surface area contributed by atoms with Crippen molar-refractivity contribution < 1.29 is 9.53 Å². The van der Waals surface area contributed by atoms with E-state index in [0.29, 0.717) is 43.5 Å². The zero-order valence-corrected chi connectivity index (χ0v) is 16.2. The van der Waals surface area contributed by atoms with Gasteiger partial charge >= 0.3 is 0 Å². The van der Waals surface area contributed by atoms with Gasteiger partial charge in [-0.2, -0.15) is 4.98 Å². The van der Waals surface area contributed by atoms with Crippen LogP contribution in [0, 0.1) is 6.92 Å². The monoisotopic (exact) mass is 369 g/mol. The molecule has 1 saturated heterocycles. The van der Waals surface area contributed by atoms with E-state index < -0.39 is 0 Å². The molecule has 0 unspecified atom stereocenters. The van der Waals surface area contributed by atoms with Crippen LogP contribution < -0.4 is 15.1 Å². The van der Waals surface area contributed by atoms with Crippen LogP contribution >= 0.6 is 0 Å². The lowest BCUT2D eigenvalue weighted by atomic mass is 10.1. The van der Waals surface area contributed by atoms with Crippen LogP contribution in [0.3, 0.4) is 0 Å². The molecular formula is C20H27N5O2. The van der Waals surface area contributed by atoms with Crippen molar-refractivity contribution in [3.63, 3.8) is 0 Å². The van der Waals surface area contributed by atoms with Crippen LogP contribution in [-0.4, -0.2) is 56.3 Å². The first kappa shape index (κ1) is 19.1. The molecule has 0 spiro atoms. The van der Waals surface area contributed by atoms with Gasteiger partial charge in [0.05, 0.1) is 19.4 Å². The number of morpholine rings is 1. The lowest BCUT2D eigenvalue weighted by Crippen LogP contribution is -2.37. The molecule has 0 bridgehead atoms. The summed E-state index contributed by atoms with van der Waals surface area (Å²) in [6.07, 6.45) is 2.82. The molecular weight excluding hydrogens is 342 g/mol. The van der Waals surface area contributed by atoms with Crippen molar-refractivity contribution in [2.45, 2.75) is 19.8 Å². The predicted octanol–water partition coefficient (Wildman–Crippen LogP) is 2.26. The Hall–Kier alpha value is -2.67. The van der Waals surface area contributed by atoms with Gasteiger partial charge < -0.3 is 19.9 Å². The van der Waals surface area contributed by atoms with Gasteiger partial charge in [-0.15, -0.1) is 0 Å². The second-order valence-corrected chi connectivity index (χ2v) is 6.94. The number of hydrogen-bond acceptors (Lipinski definition) is 6. The number of aromatic nitrogens is 2. The fourth-order valence-corrected chi connectivity index (χ4v) is 3.05. The average Bonchev–Trinajstić information content (AvgIpc) is 2.67. The number of carbonyl (C=O) groups is 1. The van der Waals surface area contributed by atoms with Gasteiger partial charge in [-0.3, -0.25) is 4.79 Å². The van der Waals surface area contributed by atoms with E-state index in [9.17, 15) is 4.79 Å². The maximum atomic E-state index is 12.4. The van der Waals surface area contributed by atoms with E-state index in [4.69, 9.17) is 4.74 Å². The summed E-state index contributed by atoms with van der Waals surface area (Å²) in [6.45, 7) is 4.96. The number of aryl methyl sites for hydroxylation is 2. The van der Waals surface area contributed by atoms with Gasteiger partial charge in [-0.1, -0.05) is 29.8 Å². The number of carbonyl (C=O) groups excluding carboxylic acids is 1. The number of rotatable bonds is 6. The molecule has 1 aliphatic heterocycles. The SMILES string of the molecule is Cc1cccc(CCC(=O)Nc2cnc(N3CCOCC3)nc2N(C)C)c1. The summed E-state index contributed by atoms with van der Waals surface area (Å²) in [7, 11) is 3.82. The molecule has 1 aromatic carbocycles. The number of ether oxygens (including phenoxy) is 1. The van der Waals surface area contributed by atoms with Crippen LogP contribution in [0.4, 0.5) is 17.5 Å². The van der Waals surface area contributed by atoms with E-state index >= 15 is 0 Å². The number of nitrogens with one attached hydrogen (secondary N) is 1. The van der Waals surface area contributed by atoms with Gasteiger partial charge in [0.1, 0.15) is 5.69 Å². The fraction of sp³-hybridized carbons (Fsp3) is 0.450. The first-order valence-corrected chi connectivity index (χ1v) is 9.25. The van der Waals surface area contributed by atoms with Crippen LogP contribution in [0.2, 0.25) is 0 Å². The number of anilines is 3. The molecule has 1 N–H and O–H groups in total. The minimum Gasteiger partial charge on any atom is -0.378 e. The summed E-state index contributed by atoms with van der Waals surface area (Å²) >= 11 is 0. The molecule has 3 rings (SSSR count). The molecule has 2 heterocycles. The van der Waals surface area contributed by atoms with Crippen LogP contribution in [0.15, 0.2) is 30.5 Å². The van der Waals surface area contributed by atoms with Gasteiger partial charge in [0.25, 0.3) is 0 Å². The highest BCUT2D eigenvalue weighted by Gasteiger charge is 2.18. The number of nitrogens with zero attached hydrogens (tertiary/aromatic N) is 4. The molecule has 27 heavy (non-hydrogen) atoms. The van der Waals surface area contributed by atoms with Gasteiger partial charge in [0.2, 0.25) is 11.9 Å². The summed E-state index contributed by atoms with van der Waals surface area (Å²) in [5.41, 5.74) is 3.00. The van der Waals surface area contributed by atoms with Gasteiger partial charge in [-0.05, 0) is 18.9 Å². The molecule has 7 heteroatoms. The topological polar surface area (TPSA) is 70.6 Å². The molecule has 0 aliphatic carbocycles. The lowest BCUT2D eigenvalue weighted by Gasteiger charge is -2.28. The zero-order chi connectivity index (χ0) is 19.2. The quantitative estimate of drug-likeness (QED) is 0.842. The fourth-order valence-electron chi connectivity index (χ4n) is 3.05. The highest BCUT2D eigenvalue weighted by Crippen LogP contribution is 2.24. The molecule has 7 nitrogen and oxygen atoms in total. The third-order valence-electron chi connectivity index (χ3n) is 4.47. The largest absolute Gasteiger partial charge is 0.378 e. The van der Waals surface area contributed by atoms with Crippen molar-refractivity contribution in [1.29, 1.82) is 0 Å². The second-order valence-electron chi connectivity index (χ2n) is 6.94. The first-order chi connectivity index (χ1) is 13.0. The Morgan fingerprint density at radius 3 is 2.78 bits per heavy atom. The van der Waals surface area contributed by atoms with E-state index in [1.54, 1.807) is 6.20 Å². The number of hydrogen-bond donors (Lipinski definition) is 1. The Kier molecular flexibility index (Phi) is 6.24. The van der Waals surface area contributed by atoms with Crippen molar-refractivity contribution in [2.24, 2.45) is 0 Å². The van der Waals surface area contributed by atoms with E-state index in [-0.39, 0.29) is 5.91 Å². The van der Waals surface area contributed by atoms with Crippen LogP contribution in [0.1, 0.15) is 17.5 Å². The summed E-state index contributed by atoms with van der Waals surface area (Å²) in [4.78, 5) is 25.5. The zero-order valence-electron chi connectivity index (χ0n) is 16.2. The maximum Gasteiger partial charge on any atom is 0.227 e. The predicted molar refractivity (Wildman–Crippen MR) is 108 cm³/mol. The van der Waals surface area contributed by atoms with Crippen LogP contribution in [0.5, 0.6) is 0 Å². The van der Waals surface area contributed by atoms with Gasteiger partial charge in [0.15, 0.2) is 5.82 Å². The Bertz CT molecular complexity index is 788. The standard InChI is InChI=1S/C20H27N5O2/c1-15-5-4-6-16(13-15)7-8-18(26)22-17-14-21-20(23-19(17)24(2)3)25-9-11-27-12-10-25/h4-6,13-14H,7-12H2,1-3H3,(H,22,26). The van der Waals surface area contributed by atoms with E-state index in [1.807, 2.05) is 31.1 Å². The third kappa shape index (κ3) is 5.17. The summed E-state index contributed by atoms with van der Waals surface area (Å²) in [5, 5.41) is 2.96. The van der Waals surface area contributed by atoms with E-state index in [1.165, 1.54) is 5.56 Å². The van der Waals surface area contributed by atoms with Crippen molar-refractivity contribution in [3.05, 3.63) is 41.6 Å². The van der Waals surface area contributed by atoms with E-state index in [2.05, 4.69) is 39.2 Å². The molecule has 0 atom stereocenters. The van der Waals surface area contributed by atoms with E-state index in [0.717, 1.165) is 18.7 Å². The normalized spacial score (nSPS) is 14.1. The number of benzene rings is 1. The molecule has 0 saturated carbocycles. The van der Waals surface area contributed by atoms with Crippen molar-refractivity contribution in [3.8, 4) is 0 Å². The molecule has 1 amide bonds. The molecule has 0 radical (unpaired) electrons. The van der Waals surface area contributed by atoms with Gasteiger partial charge in [0, 0.05) is 33.6 Å². The summed E-state index contributed by atoms with van der Waals surface area (Å²) < 4.78 is 5.38. The number of amides is 1. The smallest absolute Gasteiger partial charge is 0.227 e. The molecule has 1 aromatic heterocycles. The van der Waals surface area contributed by atoms with Crippen molar-refractivity contribution >= 4 is 23.4 Å². The van der Waals surface area contributed by atoms with Crippen LogP contribution in [-0.2, 0) is 16.0 Å². The van der Waals surface area contributed by atoms with Crippen LogP contribution in [0.25, 0.3) is 0 Å². The van der Waals surface area contributed by atoms with Crippen molar-refractivity contribution in [1.82, 2.24) is 9.97 Å². The minimum absolute atomic E-state index is 0.0395. The molecule has 144 valence electrons. The summed E-state index contributed by atoms with van der Waals surface area (Å²) in [6, 6.07) is 8.23. The minimum atomic E-state index is -0.0395. The van der Waals surface area contributed by atoms with Crippen molar-refractivity contribution in [2.75, 3.05) is 55.5 Å². The Morgan fingerprint density at radius 2 is 2.07 bits per heavy atom. The Balaban J connectivity index is 1.66. The first-order valence-electron chi connectivity index (χ1n) is 9.25. The lowest BCUT2D eigenvalue weighted by molar-refractivity contribution is -0.116. The highest BCUT2D eigenvalue weighted by atomic mass is 16.5.